The molecule has 0 spiro atoms. The highest BCUT2D eigenvalue weighted by atomic mass is 16.5. The Kier molecular flexibility index (Phi) is 6.65. The van der Waals surface area contributed by atoms with Crippen LogP contribution in [-0.4, -0.2) is 37.0 Å². The van der Waals surface area contributed by atoms with Gasteiger partial charge in [-0.1, -0.05) is 18.2 Å². The lowest BCUT2D eigenvalue weighted by Gasteiger charge is -2.39. The van der Waals surface area contributed by atoms with E-state index in [1.54, 1.807) is 12.0 Å². The predicted octanol–water partition coefficient (Wildman–Crippen LogP) is 4.26. The third kappa shape index (κ3) is 5.32. The molecule has 1 heterocycles. The fourth-order valence-electron chi connectivity index (χ4n) is 4.03. The molecule has 160 valence electrons. The standard InChI is InChI=1S/C24H31N3O3/c1-17-11-18(2)13-20(12-17)26-23(29)27-10-6-9-24(3,16-27)22(28)25-15-19-7-5-8-21(14-19)30-4/h5,7-8,11-14H,6,9-10,15-16H2,1-4H3,(H,25,28)(H,26,29)/t24-/m0/s1. The monoisotopic (exact) mass is 409 g/mol. The Balaban J connectivity index is 1.61. The van der Waals surface area contributed by atoms with Crippen molar-refractivity contribution in [2.24, 2.45) is 5.41 Å². The maximum absolute atomic E-state index is 13.0. The molecule has 1 aliphatic heterocycles. The van der Waals surface area contributed by atoms with E-state index in [0.717, 1.165) is 41.0 Å². The maximum atomic E-state index is 13.0. The van der Waals surface area contributed by atoms with Crippen LogP contribution in [0.3, 0.4) is 0 Å². The number of amides is 3. The van der Waals surface area contributed by atoms with Crippen LogP contribution in [0.15, 0.2) is 42.5 Å². The Morgan fingerprint density at radius 3 is 2.57 bits per heavy atom. The quantitative estimate of drug-likeness (QED) is 0.775. The SMILES string of the molecule is COc1cccc(CNC(=O)[C@@]2(C)CCCN(C(=O)Nc3cc(C)cc(C)c3)C2)c1. The van der Waals surface area contributed by atoms with Crippen LogP contribution in [0.4, 0.5) is 10.5 Å². The lowest BCUT2D eigenvalue weighted by Crippen LogP contribution is -2.52. The number of benzene rings is 2. The van der Waals surface area contributed by atoms with Crippen molar-refractivity contribution in [1.29, 1.82) is 0 Å². The lowest BCUT2D eigenvalue weighted by atomic mass is 9.81. The Hall–Kier alpha value is -3.02. The first-order valence-electron chi connectivity index (χ1n) is 10.3. The van der Waals surface area contributed by atoms with Crippen molar-refractivity contribution in [2.45, 2.75) is 40.2 Å². The summed E-state index contributed by atoms with van der Waals surface area (Å²) in [5.41, 5.74) is 3.35. The van der Waals surface area contributed by atoms with Gasteiger partial charge in [-0.25, -0.2) is 4.79 Å². The summed E-state index contributed by atoms with van der Waals surface area (Å²) in [5, 5.41) is 6.01. The zero-order valence-electron chi connectivity index (χ0n) is 18.2. The van der Waals surface area contributed by atoms with Gasteiger partial charge in [-0.2, -0.15) is 0 Å². The van der Waals surface area contributed by atoms with Crippen molar-refractivity contribution in [3.63, 3.8) is 0 Å². The molecule has 1 saturated heterocycles. The van der Waals surface area contributed by atoms with Gasteiger partial charge in [0, 0.05) is 25.3 Å². The van der Waals surface area contributed by atoms with Crippen molar-refractivity contribution in [3.8, 4) is 5.75 Å². The van der Waals surface area contributed by atoms with Crippen molar-refractivity contribution >= 4 is 17.6 Å². The van der Waals surface area contributed by atoms with E-state index < -0.39 is 5.41 Å². The largest absolute Gasteiger partial charge is 0.497 e. The van der Waals surface area contributed by atoms with Crippen LogP contribution in [0.5, 0.6) is 5.75 Å². The number of methoxy groups -OCH3 is 1. The minimum Gasteiger partial charge on any atom is -0.497 e. The van der Waals surface area contributed by atoms with Crippen molar-refractivity contribution in [1.82, 2.24) is 10.2 Å². The summed E-state index contributed by atoms with van der Waals surface area (Å²) in [7, 11) is 1.62. The molecule has 0 unspecified atom stereocenters. The number of carbonyl (C=O) groups is 2. The van der Waals surface area contributed by atoms with Gasteiger partial charge in [0.05, 0.1) is 12.5 Å². The number of aryl methyl sites for hydroxylation is 2. The van der Waals surface area contributed by atoms with E-state index >= 15 is 0 Å². The highest BCUT2D eigenvalue weighted by Crippen LogP contribution is 2.30. The third-order valence-electron chi connectivity index (χ3n) is 5.59. The molecule has 2 aromatic rings. The van der Waals surface area contributed by atoms with Crippen LogP contribution in [0, 0.1) is 19.3 Å². The average Bonchev–Trinajstić information content (AvgIpc) is 2.71. The fraction of sp³-hybridized carbons (Fsp3) is 0.417. The Labute approximate surface area is 178 Å². The molecule has 30 heavy (non-hydrogen) atoms. The molecular weight excluding hydrogens is 378 g/mol. The van der Waals surface area contributed by atoms with Gasteiger partial charge in [-0.15, -0.1) is 0 Å². The van der Waals surface area contributed by atoms with Crippen molar-refractivity contribution < 1.29 is 14.3 Å². The number of carbonyl (C=O) groups excluding carboxylic acids is 2. The number of urea groups is 1. The summed E-state index contributed by atoms with van der Waals surface area (Å²) in [6.07, 6.45) is 1.55. The topological polar surface area (TPSA) is 70.7 Å². The first-order chi connectivity index (χ1) is 14.3. The molecule has 0 aliphatic carbocycles. The Bertz CT molecular complexity index is 907. The third-order valence-corrected chi connectivity index (χ3v) is 5.59. The molecule has 1 fully saturated rings. The first kappa shape index (κ1) is 21.7. The lowest BCUT2D eigenvalue weighted by molar-refractivity contribution is -0.132. The van der Waals surface area contributed by atoms with Crippen LogP contribution < -0.4 is 15.4 Å². The molecule has 1 atom stereocenters. The van der Waals surface area contributed by atoms with Gasteiger partial charge < -0.3 is 20.3 Å². The Morgan fingerprint density at radius 1 is 1.13 bits per heavy atom. The molecule has 0 saturated carbocycles. The summed E-state index contributed by atoms with van der Waals surface area (Å²) < 4.78 is 5.24. The number of piperidine rings is 1. The molecular formula is C24H31N3O3. The number of hydrogen-bond donors (Lipinski definition) is 2. The van der Waals surface area contributed by atoms with Crippen LogP contribution in [0.2, 0.25) is 0 Å². The fourth-order valence-corrected chi connectivity index (χ4v) is 4.03. The van der Waals surface area contributed by atoms with E-state index in [9.17, 15) is 9.59 Å². The van der Waals surface area contributed by atoms with Crippen LogP contribution >= 0.6 is 0 Å². The van der Waals surface area contributed by atoms with E-state index in [4.69, 9.17) is 4.74 Å². The Morgan fingerprint density at radius 2 is 1.87 bits per heavy atom. The van der Waals surface area contributed by atoms with E-state index in [0.29, 0.717) is 19.6 Å². The van der Waals surface area contributed by atoms with Gasteiger partial charge in [0.1, 0.15) is 5.75 Å². The minimum atomic E-state index is -0.614. The van der Waals surface area contributed by atoms with Crippen LogP contribution in [0.25, 0.3) is 0 Å². The van der Waals surface area contributed by atoms with Gasteiger partial charge in [-0.05, 0) is 74.6 Å². The molecule has 1 aliphatic rings. The highest BCUT2D eigenvalue weighted by Gasteiger charge is 2.39. The van der Waals surface area contributed by atoms with Gasteiger partial charge in [-0.3, -0.25) is 4.79 Å². The molecule has 6 nitrogen and oxygen atoms in total. The second-order valence-corrected chi connectivity index (χ2v) is 8.43. The molecule has 0 bridgehead atoms. The number of nitrogens with one attached hydrogen (secondary N) is 2. The van der Waals surface area contributed by atoms with Gasteiger partial charge >= 0.3 is 6.03 Å². The number of hydrogen-bond acceptors (Lipinski definition) is 3. The first-order valence-corrected chi connectivity index (χ1v) is 10.3. The summed E-state index contributed by atoms with van der Waals surface area (Å²) >= 11 is 0. The molecule has 2 aromatic carbocycles. The molecule has 0 aromatic heterocycles. The van der Waals surface area contributed by atoms with Gasteiger partial charge in [0.25, 0.3) is 0 Å². The normalized spacial score (nSPS) is 18.6. The smallest absolute Gasteiger partial charge is 0.321 e. The number of likely N-dealkylation sites (tertiary alicyclic amines) is 1. The number of ether oxygens (including phenoxy) is 1. The molecule has 3 rings (SSSR count). The van der Waals surface area contributed by atoms with Gasteiger partial charge in [0.15, 0.2) is 0 Å². The second-order valence-electron chi connectivity index (χ2n) is 8.43. The highest BCUT2D eigenvalue weighted by molar-refractivity contribution is 5.90. The zero-order valence-corrected chi connectivity index (χ0v) is 18.2. The van der Waals surface area contributed by atoms with Crippen LogP contribution in [-0.2, 0) is 11.3 Å². The number of nitrogens with zero attached hydrogens (tertiary/aromatic N) is 1. The van der Waals surface area contributed by atoms with E-state index in [1.807, 2.05) is 57.2 Å². The van der Waals surface area contributed by atoms with Crippen molar-refractivity contribution in [3.05, 3.63) is 59.2 Å². The van der Waals surface area contributed by atoms with E-state index in [2.05, 4.69) is 16.7 Å². The summed E-state index contributed by atoms with van der Waals surface area (Å²) in [6, 6.07) is 13.5. The zero-order chi connectivity index (χ0) is 21.7. The minimum absolute atomic E-state index is 0.0331. The average molecular weight is 410 g/mol. The molecule has 6 heteroatoms. The second kappa shape index (κ2) is 9.20. The number of rotatable bonds is 5. The predicted molar refractivity (Wildman–Crippen MR) is 119 cm³/mol. The summed E-state index contributed by atoms with van der Waals surface area (Å²) in [5.74, 6) is 0.731. The summed E-state index contributed by atoms with van der Waals surface area (Å²) in [6.45, 7) is 7.42. The van der Waals surface area contributed by atoms with E-state index in [-0.39, 0.29) is 11.9 Å². The molecule has 0 radical (unpaired) electrons. The van der Waals surface area contributed by atoms with Crippen LogP contribution in [0.1, 0.15) is 36.5 Å². The van der Waals surface area contributed by atoms with Gasteiger partial charge in [0.2, 0.25) is 5.91 Å². The van der Waals surface area contributed by atoms with E-state index in [1.165, 1.54) is 0 Å². The molecule has 3 amide bonds. The molecule has 2 N–H and O–H groups in total. The van der Waals surface area contributed by atoms with Crippen molar-refractivity contribution in [2.75, 3.05) is 25.5 Å². The summed E-state index contributed by atoms with van der Waals surface area (Å²) in [4.78, 5) is 27.5. The maximum Gasteiger partial charge on any atom is 0.321 e. The number of anilines is 1.